The van der Waals surface area contributed by atoms with Crippen LogP contribution in [0.3, 0.4) is 0 Å². The number of rotatable bonds is 6. The number of carbonyl (C=O) groups excluding carboxylic acids is 4. The lowest BCUT2D eigenvalue weighted by atomic mass is 9.94. The number of amides is 1. The third-order valence-electron chi connectivity index (χ3n) is 5.05. The molecule has 0 aliphatic heterocycles. The van der Waals surface area contributed by atoms with Crippen molar-refractivity contribution >= 4 is 29.5 Å². The van der Waals surface area contributed by atoms with Crippen LogP contribution in [-0.4, -0.2) is 44.6 Å². The zero-order valence-corrected chi connectivity index (χ0v) is 15.6. The normalized spacial score (nSPS) is 21.9. The largest absolute Gasteiger partial charge is 0.465 e. The van der Waals surface area contributed by atoms with Gasteiger partial charge in [0.05, 0.1) is 37.0 Å². The molecule has 1 N–H and O–H groups in total. The highest BCUT2D eigenvalue weighted by molar-refractivity contribution is 6.04. The maximum absolute atomic E-state index is 12.2. The van der Waals surface area contributed by atoms with E-state index in [1.54, 1.807) is 0 Å². The van der Waals surface area contributed by atoms with Crippen LogP contribution in [0.5, 0.6) is 0 Å². The Morgan fingerprint density at radius 1 is 1.04 bits per heavy atom. The second-order valence-electron chi connectivity index (χ2n) is 6.79. The molecule has 148 valence electrons. The first kappa shape index (κ1) is 19.6. The molecule has 1 aromatic rings. The van der Waals surface area contributed by atoms with Crippen molar-refractivity contribution < 1.29 is 33.4 Å². The monoisotopic (exact) mass is 387 g/mol. The first-order chi connectivity index (χ1) is 13.4. The smallest absolute Gasteiger partial charge is 0.339 e. The first-order valence-electron chi connectivity index (χ1n) is 8.88. The van der Waals surface area contributed by atoms with E-state index < -0.39 is 30.4 Å². The summed E-state index contributed by atoms with van der Waals surface area (Å²) in [7, 11) is 2.42. The van der Waals surface area contributed by atoms with Crippen molar-refractivity contribution in [1.82, 2.24) is 0 Å². The fourth-order valence-electron chi connectivity index (χ4n) is 3.66. The maximum Gasteiger partial charge on any atom is 0.339 e. The van der Waals surface area contributed by atoms with Crippen LogP contribution in [0, 0.1) is 17.8 Å². The number of hydrogen-bond acceptors (Lipinski definition) is 7. The number of methoxy groups -OCH3 is 2. The van der Waals surface area contributed by atoms with Crippen LogP contribution in [-0.2, 0) is 23.8 Å². The van der Waals surface area contributed by atoms with E-state index in [9.17, 15) is 19.2 Å². The summed E-state index contributed by atoms with van der Waals surface area (Å²) < 4.78 is 14.5. The van der Waals surface area contributed by atoms with Crippen LogP contribution in [0.25, 0.3) is 0 Å². The van der Waals surface area contributed by atoms with Gasteiger partial charge in [-0.2, -0.15) is 0 Å². The molecule has 1 fully saturated rings. The quantitative estimate of drug-likeness (QED) is 0.451. The number of esters is 3. The topological polar surface area (TPSA) is 108 Å². The molecular formula is C20H21NO7. The number of fused-ring (bicyclic) bond motifs is 2. The third kappa shape index (κ3) is 4.05. The van der Waals surface area contributed by atoms with Gasteiger partial charge in [-0.1, -0.05) is 12.2 Å². The number of allylic oxidation sites excluding steroid dienone is 2. The van der Waals surface area contributed by atoms with E-state index >= 15 is 0 Å². The molecule has 0 heterocycles. The first-order valence-corrected chi connectivity index (χ1v) is 8.88. The molecule has 8 heteroatoms. The number of nitrogens with one attached hydrogen (secondary N) is 1. The van der Waals surface area contributed by atoms with Crippen LogP contribution >= 0.6 is 0 Å². The second kappa shape index (κ2) is 8.24. The molecule has 3 rings (SSSR count). The van der Waals surface area contributed by atoms with Crippen molar-refractivity contribution in [3.05, 3.63) is 41.5 Å². The van der Waals surface area contributed by atoms with E-state index in [2.05, 4.69) is 20.9 Å². The highest BCUT2D eigenvalue weighted by Crippen LogP contribution is 2.43. The lowest BCUT2D eigenvalue weighted by molar-refractivity contribution is -0.152. The summed E-state index contributed by atoms with van der Waals surface area (Å²) in [6, 6.07) is 4.04. The van der Waals surface area contributed by atoms with Crippen LogP contribution in [0.2, 0.25) is 0 Å². The van der Waals surface area contributed by atoms with E-state index in [1.165, 1.54) is 32.4 Å². The average Bonchev–Trinajstić information content (AvgIpc) is 3.34. The lowest BCUT2D eigenvalue weighted by Crippen LogP contribution is -2.27. The zero-order chi connectivity index (χ0) is 20.3. The van der Waals surface area contributed by atoms with E-state index in [1.807, 2.05) is 6.08 Å². The standard InChI is InChI=1S/C20H21NO7/c1-26-18(23)13-5-6-14(19(24)27-2)16(9-13)21-17(22)10-28-20(25)15-8-11-3-4-12(15)7-11/h3-6,9,11-12,15H,7-8,10H2,1-2H3,(H,21,22). The third-order valence-corrected chi connectivity index (χ3v) is 5.05. The Morgan fingerprint density at radius 3 is 2.39 bits per heavy atom. The molecule has 1 saturated carbocycles. The zero-order valence-electron chi connectivity index (χ0n) is 15.6. The van der Waals surface area contributed by atoms with Gasteiger partial charge in [0, 0.05) is 0 Å². The van der Waals surface area contributed by atoms with Gasteiger partial charge < -0.3 is 19.5 Å². The molecule has 0 aromatic heterocycles. The SMILES string of the molecule is COC(=O)c1ccc(C(=O)OC)c(NC(=O)COC(=O)C2CC3C=CC2C3)c1. The summed E-state index contributed by atoms with van der Waals surface area (Å²) in [6.45, 7) is -0.487. The van der Waals surface area contributed by atoms with Gasteiger partial charge in [0.1, 0.15) is 0 Å². The minimum atomic E-state index is -0.683. The van der Waals surface area contributed by atoms with Gasteiger partial charge in [0.25, 0.3) is 5.91 Å². The van der Waals surface area contributed by atoms with Crippen molar-refractivity contribution in [2.75, 3.05) is 26.1 Å². The second-order valence-corrected chi connectivity index (χ2v) is 6.79. The predicted molar refractivity (Wildman–Crippen MR) is 97.6 cm³/mol. The van der Waals surface area contributed by atoms with Crippen LogP contribution in [0.4, 0.5) is 5.69 Å². The fourth-order valence-corrected chi connectivity index (χ4v) is 3.66. The van der Waals surface area contributed by atoms with E-state index in [0.717, 1.165) is 12.8 Å². The Kier molecular flexibility index (Phi) is 5.77. The Balaban J connectivity index is 1.65. The summed E-state index contributed by atoms with van der Waals surface area (Å²) in [5.74, 6) is -1.94. The molecule has 1 amide bonds. The van der Waals surface area contributed by atoms with Crippen molar-refractivity contribution in [3.8, 4) is 0 Å². The van der Waals surface area contributed by atoms with Gasteiger partial charge >= 0.3 is 17.9 Å². The fraction of sp³-hybridized carbons (Fsp3) is 0.400. The van der Waals surface area contributed by atoms with Gasteiger partial charge in [-0.15, -0.1) is 0 Å². The summed E-state index contributed by atoms with van der Waals surface area (Å²) in [5.41, 5.74) is 0.281. The minimum absolute atomic E-state index is 0.0630. The summed E-state index contributed by atoms with van der Waals surface area (Å²) in [5, 5.41) is 2.49. The lowest BCUT2D eigenvalue weighted by Gasteiger charge is -2.17. The number of anilines is 1. The molecule has 3 atom stereocenters. The molecule has 0 radical (unpaired) electrons. The maximum atomic E-state index is 12.2. The molecule has 28 heavy (non-hydrogen) atoms. The van der Waals surface area contributed by atoms with Crippen LogP contribution < -0.4 is 5.32 Å². The van der Waals surface area contributed by atoms with Crippen molar-refractivity contribution in [2.45, 2.75) is 12.8 Å². The minimum Gasteiger partial charge on any atom is -0.465 e. The Bertz CT molecular complexity index is 845. The Labute approximate surface area is 161 Å². The van der Waals surface area contributed by atoms with E-state index in [-0.39, 0.29) is 28.7 Å². The van der Waals surface area contributed by atoms with Crippen LogP contribution in [0.15, 0.2) is 30.4 Å². The molecule has 0 spiro atoms. The Morgan fingerprint density at radius 2 is 1.79 bits per heavy atom. The van der Waals surface area contributed by atoms with Gasteiger partial charge in [-0.3, -0.25) is 9.59 Å². The number of carbonyl (C=O) groups is 4. The summed E-state index contributed by atoms with van der Waals surface area (Å²) in [4.78, 5) is 48.1. The average molecular weight is 387 g/mol. The number of benzene rings is 1. The van der Waals surface area contributed by atoms with Gasteiger partial charge in [-0.05, 0) is 42.9 Å². The highest BCUT2D eigenvalue weighted by atomic mass is 16.5. The van der Waals surface area contributed by atoms with Crippen molar-refractivity contribution in [3.63, 3.8) is 0 Å². The van der Waals surface area contributed by atoms with Crippen molar-refractivity contribution in [2.24, 2.45) is 17.8 Å². The summed E-state index contributed by atoms with van der Waals surface area (Å²) in [6.07, 6.45) is 5.84. The van der Waals surface area contributed by atoms with E-state index in [4.69, 9.17) is 4.74 Å². The molecule has 2 aliphatic rings. The Hall–Kier alpha value is -3.16. The molecule has 1 aromatic carbocycles. The van der Waals surface area contributed by atoms with Crippen molar-refractivity contribution in [1.29, 1.82) is 0 Å². The molecule has 3 unspecified atom stereocenters. The molecule has 2 aliphatic carbocycles. The summed E-state index contributed by atoms with van der Waals surface area (Å²) >= 11 is 0. The molecular weight excluding hydrogens is 366 g/mol. The predicted octanol–water partition coefficient (Wildman–Crippen LogP) is 1.95. The highest BCUT2D eigenvalue weighted by Gasteiger charge is 2.40. The van der Waals surface area contributed by atoms with Gasteiger partial charge in [0.2, 0.25) is 0 Å². The number of ether oxygens (including phenoxy) is 3. The molecule has 8 nitrogen and oxygen atoms in total. The molecule has 2 bridgehead atoms. The van der Waals surface area contributed by atoms with E-state index in [0.29, 0.717) is 5.92 Å². The van der Waals surface area contributed by atoms with Crippen LogP contribution in [0.1, 0.15) is 33.6 Å². The molecule has 0 saturated heterocycles. The van der Waals surface area contributed by atoms with Gasteiger partial charge in [0.15, 0.2) is 6.61 Å². The number of hydrogen-bond donors (Lipinski definition) is 1. The van der Waals surface area contributed by atoms with Gasteiger partial charge in [-0.25, -0.2) is 9.59 Å².